The first-order chi connectivity index (χ1) is 10.2. The van der Waals surface area contributed by atoms with Crippen LogP contribution in [0.3, 0.4) is 0 Å². The smallest absolute Gasteiger partial charge is 0.352 e. The average molecular weight is 292 g/mol. The molecule has 1 N–H and O–H groups in total. The lowest BCUT2D eigenvalue weighted by atomic mass is 10.0. The molecule has 0 radical (unpaired) electrons. The Morgan fingerprint density at radius 1 is 1.24 bits per heavy atom. The Bertz CT molecular complexity index is 526. The number of likely N-dealkylation sites (tertiary alicyclic amines) is 1. The Kier molecular flexibility index (Phi) is 3.96. The van der Waals surface area contributed by atoms with Gasteiger partial charge in [-0.05, 0) is 37.8 Å². The van der Waals surface area contributed by atoms with Crippen LogP contribution in [0.4, 0.5) is 0 Å². The third kappa shape index (κ3) is 2.81. The molecular weight excluding hydrogens is 272 g/mol. The van der Waals surface area contributed by atoms with E-state index in [0.717, 1.165) is 25.7 Å². The van der Waals surface area contributed by atoms with Crippen LogP contribution in [0.1, 0.15) is 42.2 Å². The van der Waals surface area contributed by atoms with Crippen LogP contribution in [-0.4, -0.2) is 52.3 Å². The molecule has 0 aliphatic carbocycles. The molecule has 0 bridgehead atoms. The van der Waals surface area contributed by atoms with Gasteiger partial charge in [0.2, 0.25) is 0 Å². The molecule has 114 valence electrons. The number of carbonyl (C=O) groups is 2. The number of hydrogen-bond acceptors (Lipinski definition) is 3. The number of ether oxygens (including phenoxy) is 1. The number of nitrogens with zero attached hydrogens (tertiary/aromatic N) is 2. The van der Waals surface area contributed by atoms with E-state index in [1.807, 2.05) is 15.7 Å². The van der Waals surface area contributed by atoms with Gasteiger partial charge in [-0.1, -0.05) is 0 Å². The molecule has 2 saturated heterocycles. The van der Waals surface area contributed by atoms with Crippen molar-refractivity contribution in [3.05, 3.63) is 24.0 Å². The van der Waals surface area contributed by atoms with Crippen molar-refractivity contribution in [3.63, 3.8) is 0 Å². The van der Waals surface area contributed by atoms with Crippen LogP contribution in [0.25, 0.3) is 0 Å². The van der Waals surface area contributed by atoms with E-state index >= 15 is 0 Å². The standard InChI is InChI=1S/C15H20N2O4/c18-14(13-4-2-10-21-13)16-8-5-11(6-9-16)17-7-1-3-12(17)15(19)20/h1,3,7,11,13H,2,4-6,8-10H2,(H,19,20). The van der Waals surface area contributed by atoms with E-state index in [2.05, 4.69) is 0 Å². The summed E-state index contributed by atoms with van der Waals surface area (Å²) in [6.07, 6.45) is 4.90. The molecule has 1 unspecified atom stereocenters. The highest BCUT2D eigenvalue weighted by Crippen LogP contribution is 2.26. The van der Waals surface area contributed by atoms with E-state index < -0.39 is 5.97 Å². The number of aromatic carboxylic acids is 1. The van der Waals surface area contributed by atoms with E-state index in [9.17, 15) is 9.59 Å². The number of carbonyl (C=O) groups excluding carboxylic acids is 1. The molecule has 2 fully saturated rings. The Morgan fingerprint density at radius 2 is 2.00 bits per heavy atom. The predicted molar refractivity (Wildman–Crippen MR) is 75.2 cm³/mol. The normalized spacial score (nSPS) is 23.4. The Labute approximate surface area is 123 Å². The highest BCUT2D eigenvalue weighted by atomic mass is 16.5. The van der Waals surface area contributed by atoms with Crippen LogP contribution in [0, 0.1) is 0 Å². The summed E-state index contributed by atoms with van der Waals surface area (Å²) in [5.41, 5.74) is 0.318. The molecule has 0 spiro atoms. The highest BCUT2D eigenvalue weighted by molar-refractivity contribution is 5.85. The molecule has 2 aliphatic rings. The minimum atomic E-state index is -0.905. The van der Waals surface area contributed by atoms with Crippen molar-refractivity contribution in [1.29, 1.82) is 0 Å². The third-order valence-electron chi connectivity index (χ3n) is 4.37. The van der Waals surface area contributed by atoms with Gasteiger partial charge in [-0.3, -0.25) is 4.79 Å². The summed E-state index contributed by atoms with van der Waals surface area (Å²) >= 11 is 0. The SMILES string of the molecule is O=C(O)c1cccn1C1CCN(C(=O)C2CCCO2)CC1. The van der Waals surface area contributed by atoms with Gasteiger partial charge in [-0.15, -0.1) is 0 Å². The molecule has 3 rings (SSSR count). The molecule has 0 aromatic carbocycles. The molecule has 6 heteroatoms. The summed E-state index contributed by atoms with van der Waals surface area (Å²) in [6.45, 7) is 2.01. The van der Waals surface area contributed by atoms with Gasteiger partial charge in [0, 0.05) is 31.9 Å². The Morgan fingerprint density at radius 3 is 2.62 bits per heavy atom. The van der Waals surface area contributed by atoms with Gasteiger partial charge in [0.25, 0.3) is 5.91 Å². The number of hydrogen-bond donors (Lipinski definition) is 1. The van der Waals surface area contributed by atoms with Crippen LogP contribution >= 0.6 is 0 Å². The van der Waals surface area contributed by atoms with Crippen LogP contribution in [0.2, 0.25) is 0 Å². The maximum Gasteiger partial charge on any atom is 0.352 e. The molecular formula is C15H20N2O4. The first-order valence-corrected chi connectivity index (χ1v) is 7.47. The minimum Gasteiger partial charge on any atom is -0.477 e. The Balaban J connectivity index is 1.61. The van der Waals surface area contributed by atoms with E-state index in [4.69, 9.17) is 9.84 Å². The third-order valence-corrected chi connectivity index (χ3v) is 4.37. The average Bonchev–Trinajstić information content (AvgIpc) is 3.18. The number of rotatable bonds is 3. The predicted octanol–water partition coefficient (Wildman–Crippen LogP) is 1.53. The lowest BCUT2D eigenvalue weighted by molar-refractivity contribution is -0.142. The van der Waals surface area contributed by atoms with Gasteiger partial charge >= 0.3 is 5.97 Å². The van der Waals surface area contributed by atoms with Crippen LogP contribution in [0.15, 0.2) is 18.3 Å². The van der Waals surface area contributed by atoms with Crippen molar-refractivity contribution in [3.8, 4) is 0 Å². The topological polar surface area (TPSA) is 71.8 Å². The maximum absolute atomic E-state index is 12.3. The molecule has 1 amide bonds. The number of carboxylic acid groups (broad SMARTS) is 1. The zero-order valence-electron chi connectivity index (χ0n) is 11.9. The van der Waals surface area contributed by atoms with Crippen molar-refractivity contribution in [1.82, 2.24) is 9.47 Å². The maximum atomic E-state index is 12.3. The van der Waals surface area contributed by atoms with Crippen molar-refractivity contribution >= 4 is 11.9 Å². The monoisotopic (exact) mass is 292 g/mol. The van der Waals surface area contributed by atoms with Gasteiger partial charge in [0.1, 0.15) is 11.8 Å². The van der Waals surface area contributed by atoms with Gasteiger partial charge in [0.15, 0.2) is 0 Å². The van der Waals surface area contributed by atoms with Crippen LogP contribution in [0.5, 0.6) is 0 Å². The molecule has 21 heavy (non-hydrogen) atoms. The molecule has 0 saturated carbocycles. The lowest BCUT2D eigenvalue weighted by Gasteiger charge is -2.34. The zero-order valence-corrected chi connectivity index (χ0v) is 11.9. The van der Waals surface area contributed by atoms with Crippen LogP contribution < -0.4 is 0 Å². The van der Waals surface area contributed by atoms with Crippen molar-refractivity contribution < 1.29 is 19.4 Å². The summed E-state index contributed by atoms with van der Waals surface area (Å²) in [7, 11) is 0. The molecule has 1 atom stereocenters. The number of aromatic nitrogens is 1. The second-order valence-corrected chi connectivity index (χ2v) is 5.66. The zero-order chi connectivity index (χ0) is 14.8. The first kappa shape index (κ1) is 14.1. The number of piperidine rings is 1. The summed E-state index contributed by atoms with van der Waals surface area (Å²) in [6, 6.07) is 3.53. The second kappa shape index (κ2) is 5.89. The molecule has 2 aliphatic heterocycles. The minimum absolute atomic E-state index is 0.0944. The summed E-state index contributed by atoms with van der Waals surface area (Å²) in [5, 5.41) is 9.17. The summed E-state index contributed by atoms with van der Waals surface area (Å²) in [4.78, 5) is 25.3. The van der Waals surface area contributed by atoms with Gasteiger partial charge in [-0.25, -0.2) is 4.79 Å². The lowest BCUT2D eigenvalue weighted by Crippen LogP contribution is -2.44. The molecule has 1 aromatic rings. The highest BCUT2D eigenvalue weighted by Gasteiger charge is 2.31. The Hall–Kier alpha value is -1.82. The largest absolute Gasteiger partial charge is 0.477 e. The fourth-order valence-corrected chi connectivity index (χ4v) is 3.23. The first-order valence-electron chi connectivity index (χ1n) is 7.47. The molecule has 3 heterocycles. The van der Waals surface area contributed by atoms with Crippen molar-refractivity contribution in [2.45, 2.75) is 37.8 Å². The van der Waals surface area contributed by atoms with E-state index in [-0.39, 0.29) is 18.1 Å². The summed E-state index contributed by atoms with van der Waals surface area (Å²) < 4.78 is 7.26. The van der Waals surface area contributed by atoms with Gasteiger partial charge in [0.05, 0.1) is 0 Å². The number of carboxylic acids is 1. The van der Waals surface area contributed by atoms with E-state index in [1.54, 1.807) is 12.1 Å². The van der Waals surface area contributed by atoms with Gasteiger partial charge < -0.3 is 19.3 Å². The molecule has 6 nitrogen and oxygen atoms in total. The van der Waals surface area contributed by atoms with E-state index in [0.29, 0.717) is 25.4 Å². The van der Waals surface area contributed by atoms with Gasteiger partial charge in [-0.2, -0.15) is 0 Å². The van der Waals surface area contributed by atoms with Crippen LogP contribution in [-0.2, 0) is 9.53 Å². The fourth-order valence-electron chi connectivity index (χ4n) is 3.23. The van der Waals surface area contributed by atoms with E-state index in [1.165, 1.54) is 0 Å². The number of amides is 1. The fraction of sp³-hybridized carbons (Fsp3) is 0.600. The second-order valence-electron chi connectivity index (χ2n) is 5.66. The molecule has 1 aromatic heterocycles. The quantitative estimate of drug-likeness (QED) is 0.917. The van der Waals surface area contributed by atoms with Crippen molar-refractivity contribution in [2.75, 3.05) is 19.7 Å². The summed E-state index contributed by atoms with van der Waals surface area (Å²) in [5.74, 6) is -0.810. The van der Waals surface area contributed by atoms with Crippen molar-refractivity contribution in [2.24, 2.45) is 0 Å².